The van der Waals surface area contributed by atoms with Crippen molar-refractivity contribution in [1.82, 2.24) is 9.55 Å². The first kappa shape index (κ1) is 15.2. The van der Waals surface area contributed by atoms with Crippen LogP contribution >= 0.6 is 11.3 Å². The minimum atomic E-state index is -0.714. The van der Waals surface area contributed by atoms with Crippen molar-refractivity contribution >= 4 is 21.6 Å². The van der Waals surface area contributed by atoms with Crippen LogP contribution in [-0.4, -0.2) is 33.5 Å². The molecule has 1 atom stereocenters. The fourth-order valence-corrected chi connectivity index (χ4v) is 2.97. The number of rotatable bonds is 5. The van der Waals surface area contributed by atoms with E-state index in [1.54, 1.807) is 0 Å². The molecule has 2 rings (SSSR count). The van der Waals surface area contributed by atoms with Crippen LogP contribution in [0.2, 0.25) is 0 Å². The minimum Gasteiger partial charge on any atom is -0.389 e. The zero-order valence-electron chi connectivity index (χ0n) is 12.2. The van der Waals surface area contributed by atoms with Crippen molar-refractivity contribution in [3.63, 3.8) is 0 Å². The Morgan fingerprint density at radius 3 is 2.80 bits per heavy atom. The summed E-state index contributed by atoms with van der Waals surface area (Å²) in [5.74, 6) is 0. The fraction of sp³-hybridized carbons (Fsp3) is 0.571. The third kappa shape index (κ3) is 3.08. The lowest BCUT2D eigenvalue weighted by molar-refractivity contribution is -0.00111. The monoisotopic (exact) mass is 296 g/mol. The molecule has 2 aromatic heterocycles. The van der Waals surface area contributed by atoms with Crippen molar-refractivity contribution in [2.75, 3.05) is 6.61 Å². The van der Waals surface area contributed by atoms with E-state index in [0.29, 0.717) is 5.39 Å². The van der Waals surface area contributed by atoms with Crippen LogP contribution in [-0.2, 0) is 11.3 Å². The molecule has 0 aliphatic heterocycles. The number of thiophene rings is 1. The number of hydrogen-bond acceptors (Lipinski definition) is 5. The molecular weight excluding hydrogens is 276 g/mol. The molecule has 20 heavy (non-hydrogen) atoms. The number of aryl methyl sites for hydroxylation is 2. The van der Waals surface area contributed by atoms with Crippen molar-refractivity contribution < 1.29 is 9.84 Å². The average Bonchev–Trinajstić information content (AvgIpc) is 2.67. The first-order valence-corrected chi connectivity index (χ1v) is 7.46. The van der Waals surface area contributed by atoms with E-state index in [0.717, 1.165) is 15.3 Å². The summed E-state index contributed by atoms with van der Waals surface area (Å²) in [5.41, 5.74) is 0.880. The van der Waals surface area contributed by atoms with Gasteiger partial charge >= 0.3 is 0 Å². The van der Waals surface area contributed by atoms with Gasteiger partial charge in [-0.1, -0.05) is 0 Å². The van der Waals surface area contributed by atoms with Gasteiger partial charge in [0.05, 0.1) is 37.1 Å². The second-order valence-electron chi connectivity index (χ2n) is 5.20. The summed E-state index contributed by atoms with van der Waals surface area (Å²) in [6, 6.07) is 0. The molecule has 0 aliphatic rings. The van der Waals surface area contributed by atoms with E-state index >= 15 is 0 Å². The molecule has 0 saturated carbocycles. The molecule has 0 amide bonds. The highest BCUT2D eigenvalue weighted by molar-refractivity contribution is 7.18. The zero-order valence-corrected chi connectivity index (χ0v) is 13.0. The maximum absolute atomic E-state index is 12.4. The van der Waals surface area contributed by atoms with Gasteiger partial charge in [0.15, 0.2) is 0 Å². The summed E-state index contributed by atoms with van der Waals surface area (Å²) in [6.45, 7) is 8.14. The number of hydrogen-bond donors (Lipinski definition) is 1. The Morgan fingerprint density at radius 2 is 2.15 bits per heavy atom. The number of aromatic nitrogens is 2. The lowest BCUT2D eigenvalue weighted by Gasteiger charge is -2.14. The summed E-state index contributed by atoms with van der Waals surface area (Å²) < 4.78 is 6.80. The summed E-state index contributed by atoms with van der Waals surface area (Å²) >= 11 is 1.52. The molecule has 1 unspecified atom stereocenters. The SMILES string of the molecule is Cc1sc2ncn(CC(O)COC(C)C)c(=O)c2c1C. The Morgan fingerprint density at radius 1 is 1.45 bits per heavy atom. The molecule has 1 N–H and O–H groups in total. The Kier molecular flexibility index (Phi) is 4.57. The first-order valence-electron chi connectivity index (χ1n) is 6.65. The summed E-state index contributed by atoms with van der Waals surface area (Å²) in [7, 11) is 0. The van der Waals surface area contributed by atoms with Crippen LogP contribution < -0.4 is 5.56 Å². The predicted octanol–water partition coefficient (Wildman–Crippen LogP) is 1.86. The van der Waals surface area contributed by atoms with Crippen molar-refractivity contribution in [2.45, 2.75) is 46.4 Å². The quantitative estimate of drug-likeness (QED) is 0.914. The van der Waals surface area contributed by atoms with E-state index in [9.17, 15) is 9.90 Å². The van der Waals surface area contributed by atoms with E-state index in [1.165, 1.54) is 22.2 Å². The molecule has 110 valence electrons. The average molecular weight is 296 g/mol. The highest BCUT2D eigenvalue weighted by Crippen LogP contribution is 2.25. The van der Waals surface area contributed by atoms with E-state index in [1.807, 2.05) is 27.7 Å². The molecule has 5 nitrogen and oxygen atoms in total. The van der Waals surface area contributed by atoms with E-state index in [2.05, 4.69) is 4.98 Å². The summed E-state index contributed by atoms with van der Waals surface area (Å²) in [5, 5.41) is 10.6. The standard InChI is InChI=1S/C14H20N2O3S/c1-8(2)19-6-11(17)5-16-7-15-13-12(14(16)18)9(3)10(4)20-13/h7-8,11,17H,5-6H2,1-4H3. The van der Waals surface area contributed by atoms with Gasteiger partial charge in [0.25, 0.3) is 5.56 Å². The lowest BCUT2D eigenvalue weighted by Crippen LogP contribution is -2.30. The van der Waals surface area contributed by atoms with Crippen molar-refractivity contribution in [3.05, 3.63) is 27.1 Å². The number of nitrogens with zero attached hydrogens (tertiary/aromatic N) is 2. The van der Waals surface area contributed by atoms with Crippen LogP contribution in [0.3, 0.4) is 0 Å². The molecule has 0 radical (unpaired) electrons. The van der Waals surface area contributed by atoms with Gasteiger partial charge < -0.3 is 9.84 Å². The number of aliphatic hydroxyl groups excluding tert-OH is 1. The third-order valence-electron chi connectivity index (χ3n) is 3.19. The highest BCUT2D eigenvalue weighted by Gasteiger charge is 2.14. The van der Waals surface area contributed by atoms with E-state index in [-0.39, 0.29) is 24.8 Å². The maximum Gasteiger partial charge on any atom is 0.262 e. The molecule has 0 spiro atoms. The van der Waals surface area contributed by atoms with Crippen LogP contribution in [0.4, 0.5) is 0 Å². The number of aliphatic hydroxyl groups is 1. The van der Waals surface area contributed by atoms with Gasteiger partial charge in [-0.3, -0.25) is 9.36 Å². The Hall–Kier alpha value is -1.24. The summed E-state index contributed by atoms with van der Waals surface area (Å²) in [4.78, 5) is 18.6. The number of fused-ring (bicyclic) bond motifs is 1. The van der Waals surface area contributed by atoms with Crippen LogP contribution in [0.15, 0.2) is 11.1 Å². The number of ether oxygens (including phenoxy) is 1. The second kappa shape index (κ2) is 6.03. The minimum absolute atomic E-state index is 0.0590. The fourth-order valence-electron chi connectivity index (χ4n) is 1.98. The van der Waals surface area contributed by atoms with Gasteiger partial charge in [0.2, 0.25) is 0 Å². The molecule has 2 aromatic rings. The second-order valence-corrected chi connectivity index (χ2v) is 6.40. The van der Waals surface area contributed by atoms with E-state index < -0.39 is 6.10 Å². The van der Waals surface area contributed by atoms with Gasteiger partial charge in [-0.25, -0.2) is 4.98 Å². The molecule has 0 bridgehead atoms. The molecule has 0 saturated heterocycles. The lowest BCUT2D eigenvalue weighted by atomic mass is 10.2. The Labute approximate surface area is 121 Å². The van der Waals surface area contributed by atoms with Crippen molar-refractivity contribution in [2.24, 2.45) is 0 Å². The van der Waals surface area contributed by atoms with Crippen molar-refractivity contribution in [3.8, 4) is 0 Å². The molecule has 0 aromatic carbocycles. The normalized spacial score (nSPS) is 13.3. The largest absolute Gasteiger partial charge is 0.389 e. The van der Waals surface area contributed by atoms with Gasteiger partial charge in [-0.2, -0.15) is 0 Å². The zero-order chi connectivity index (χ0) is 14.9. The highest BCUT2D eigenvalue weighted by atomic mass is 32.1. The van der Waals surface area contributed by atoms with Crippen LogP contribution in [0.5, 0.6) is 0 Å². The maximum atomic E-state index is 12.4. The molecule has 2 heterocycles. The van der Waals surface area contributed by atoms with Gasteiger partial charge in [0.1, 0.15) is 4.83 Å². The molecule has 6 heteroatoms. The Bertz CT molecular complexity index is 660. The van der Waals surface area contributed by atoms with Crippen LogP contribution in [0.1, 0.15) is 24.3 Å². The Balaban J connectivity index is 2.25. The van der Waals surface area contributed by atoms with Gasteiger partial charge in [-0.15, -0.1) is 11.3 Å². The topological polar surface area (TPSA) is 64.3 Å². The third-order valence-corrected chi connectivity index (χ3v) is 4.30. The van der Waals surface area contributed by atoms with Crippen molar-refractivity contribution in [1.29, 1.82) is 0 Å². The van der Waals surface area contributed by atoms with E-state index in [4.69, 9.17) is 4.74 Å². The predicted molar refractivity (Wildman–Crippen MR) is 80.4 cm³/mol. The van der Waals surface area contributed by atoms with Crippen LogP contribution in [0.25, 0.3) is 10.2 Å². The molecule has 0 aliphatic carbocycles. The smallest absolute Gasteiger partial charge is 0.262 e. The molecule has 0 fully saturated rings. The van der Waals surface area contributed by atoms with Gasteiger partial charge in [0, 0.05) is 4.88 Å². The first-order chi connectivity index (χ1) is 9.40. The van der Waals surface area contributed by atoms with Crippen LogP contribution in [0, 0.1) is 13.8 Å². The van der Waals surface area contributed by atoms with Gasteiger partial charge in [-0.05, 0) is 33.3 Å². The molecular formula is C14H20N2O3S. The summed E-state index contributed by atoms with van der Waals surface area (Å²) in [6.07, 6.45) is 0.844.